The number of unbranched alkanes of at least 4 members (excludes halogenated alkanes) is 2. The lowest BCUT2D eigenvalue weighted by Crippen LogP contribution is -2.12. The summed E-state index contributed by atoms with van der Waals surface area (Å²) in [6.07, 6.45) is 8.68. The first-order chi connectivity index (χ1) is 10.3. The zero-order chi connectivity index (χ0) is 14.9. The lowest BCUT2D eigenvalue weighted by molar-refractivity contribution is 0.742. The number of rotatable bonds is 9. The molecule has 0 atom stereocenters. The van der Waals surface area contributed by atoms with E-state index in [0.29, 0.717) is 17.8 Å². The Morgan fingerprint density at radius 1 is 1.14 bits per heavy atom. The maximum absolute atomic E-state index is 4.34. The molecule has 0 saturated carbocycles. The predicted molar refractivity (Wildman–Crippen MR) is 85.0 cm³/mol. The third-order valence-corrected chi connectivity index (χ3v) is 3.48. The molecule has 2 heterocycles. The van der Waals surface area contributed by atoms with Crippen molar-refractivity contribution < 1.29 is 0 Å². The third-order valence-electron chi connectivity index (χ3n) is 2.78. The molecule has 0 unspecified atom stereocenters. The molecule has 2 N–H and O–H groups in total. The Hall–Kier alpha value is -1.90. The van der Waals surface area contributed by atoms with Crippen molar-refractivity contribution in [3.05, 3.63) is 12.7 Å². The van der Waals surface area contributed by atoms with Crippen molar-refractivity contribution in [2.24, 2.45) is 0 Å². The van der Waals surface area contributed by atoms with E-state index in [1.54, 1.807) is 13.4 Å². The second-order valence-electron chi connectivity index (χ2n) is 4.35. The van der Waals surface area contributed by atoms with Gasteiger partial charge in [-0.05, 0) is 24.9 Å². The molecule has 2 rings (SSSR count). The van der Waals surface area contributed by atoms with E-state index >= 15 is 0 Å². The number of aromatic nitrogens is 6. The fraction of sp³-hybridized carbons (Fsp3) is 0.583. The van der Waals surface area contributed by atoms with Crippen molar-refractivity contribution >= 4 is 23.7 Å². The van der Waals surface area contributed by atoms with Crippen molar-refractivity contribution in [1.82, 2.24) is 29.7 Å². The monoisotopic (exact) mass is 308 g/mol. The Labute approximate surface area is 128 Å². The average Bonchev–Trinajstić information content (AvgIpc) is 3.05. The Bertz CT molecular complexity index is 530. The molecule has 114 valence electrons. The molecule has 0 spiro atoms. The largest absolute Gasteiger partial charge is 0.357 e. The molecule has 0 fully saturated rings. The van der Waals surface area contributed by atoms with Crippen LogP contribution in [0.25, 0.3) is 5.95 Å². The second-order valence-corrected chi connectivity index (χ2v) is 5.34. The van der Waals surface area contributed by atoms with Gasteiger partial charge >= 0.3 is 0 Å². The minimum absolute atomic E-state index is 0.441. The lowest BCUT2D eigenvalue weighted by Gasteiger charge is -2.08. The Morgan fingerprint density at radius 3 is 2.71 bits per heavy atom. The predicted octanol–water partition coefficient (Wildman–Crippen LogP) is 1.44. The third kappa shape index (κ3) is 4.85. The molecule has 0 saturated heterocycles. The van der Waals surface area contributed by atoms with Crippen LogP contribution in [0.4, 0.5) is 11.9 Å². The van der Waals surface area contributed by atoms with Crippen molar-refractivity contribution in [2.45, 2.75) is 19.3 Å². The van der Waals surface area contributed by atoms with Gasteiger partial charge < -0.3 is 10.6 Å². The van der Waals surface area contributed by atoms with E-state index in [1.165, 1.54) is 29.6 Å². The van der Waals surface area contributed by atoms with Gasteiger partial charge in [-0.2, -0.15) is 36.5 Å². The first-order valence-electron chi connectivity index (χ1n) is 6.85. The van der Waals surface area contributed by atoms with Crippen LogP contribution in [-0.2, 0) is 0 Å². The molecule has 2 aromatic rings. The fourth-order valence-corrected chi connectivity index (χ4v) is 2.21. The van der Waals surface area contributed by atoms with Gasteiger partial charge in [0.15, 0.2) is 0 Å². The molecule has 0 bridgehead atoms. The van der Waals surface area contributed by atoms with E-state index in [2.05, 4.69) is 41.9 Å². The normalized spacial score (nSPS) is 10.6. The summed E-state index contributed by atoms with van der Waals surface area (Å²) in [5, 5.41) is 10.2. The van der Waals surface area contributed by atoms with Crippen molar-refractivity contribution in [3.8, 4) is 5.95 Å². The van der Waals surface area contributed by atoms with Crippen molar-refractivity contribution in [2.75, 3.05) is 36.2 Å². The summed E-state index contributed by atoms with van der Waals surface area (Å²) in [5.74, 6) is 2.70. The van der Waals surface area contributed by atoms with Crippen LogP contribution in [0.5, 0.6) is 0 Å². The number of nitrogens with one attached hydrogen (secondary N) is 2. The fourth-order valence-electron chi connectivity index (χ4n) is 1.72. The highest BCUT2D eigenvalue weighted by atomic mass is 32.2. The summed E-state index contributed by atoms with van der Waals surface area (Å²) in [5.41, 5.74) is 0. The summed E-state index contributed by atoms with van der Waals surface area (Å²) < 4.78 is 1.51. The summed E-state index contributed by atoms with van der Waals surface area (Å²) in [6, 6.07) is 0. The van der Waals surface area contributed by atoms with Crippen LogP contribution in [0.3, 0.4) is 0 Å². The molecule has 0 aliphatic heterocycles. The molecule has 0 aromatic carbocycles. The Balaban J connectivity index is 1.94. The molecule has 9 heteroatoms. The van der Waals surface area contributed by atoms with Crippen LogP contribution in [0.1, 0.15) is 19.3 Å². The molecule has 2 aromatic heterocycles. The topological polar surface area (TPSA) is 93.4 Å². The number of anilines is 2. The van der Waals surface area contributed by atoms with E-state index < -0.39 is 0 Å². The molecule has 0 aliphatic rings. The van der Waals surface area contributed by atoms with E-state index in [0.717, 1.165) is 13.0 Å². The SMILES string of the molecule is CNc1nc(NCCCCCSC)nc(-n2cncn2)n1. The average molecular weight is 308 g/mol. The zero-order valence-corrected chi connectivity index (χ0v) is 13.1. The second kappa shape index (κ2) is 8.40. The standard InChI is InChI=1S/C12H20N8S/c1-13-10-17-11(15-6-4-3-5-7-21-2)19-12(18-10)20-9-14-8-16-20/h8-9H,3-7H2,1-2H3,(H2,13,15,17,18,19). The maximum Gasteiger partial charge on any atom is 0.258 e. The van der Waals surface area contributed by atoms with Gasteiger partial charge in [-0.1, -0.05) is 6.42 Å². The molecule has 0 amide bonds. The molecule has 8 nitrogen and oxygen atoms in total. The highest BCUT2D eigenvalue weighted by Crippen LogP contribution is 2.08. The van der Waals surface area contributed by atoms with E-state index in [9.17, 15) is 0 Å². The lowest BCUT2D eigenvalue weighted by atomic mass is 10.2. The van der Waals surface area contributed by atoms with Crippen LogP contribution in [0, 0.1) is 0 Å². The number of thioether (sulfide) groups is 1. The molecule has 21 heavy (non-hydrogen) atoms. The van der Waals surface area contributed by atoms with Gasteiger partial charge in [0, 0.05) is 13.6 Å². The summed E-state index contributed by atoms with van der Waals surface area (Å²) in [4.78, 5) is 16.8. The van der Waals surface area contributed by atoms with E-state index in [4.69, 9.17) is 0 Å². The first kappa shape index (κ1) is 15.5. The summed E-state index contributed by atoms with van der Waals surface area (Å²) in [6.45, 7) is 0.846. The van der Waals surface area contributed by atoms with Gasteiger partial charge in [-0.15, -0.1) is 0 Å². The van der Waals surface area contributed by atoms with Crippen molar-refractivity contribution in [3.63, 3.8) is 0 Å². The summed E-state index contributed by atoms with van der Waals surface area (Å²) in [7, 11) is 1.77. The Morgan fingerprint density at radius 2 is 2.00 bits per heavy atom. The van der Waals surface area contributed by atoms with Gasteiger partial charge in [0.2, 0.25) is 11.9 Å². The highest BCUT2D eigenvalue weighted by molar-refractivity contribution is 7.98. The molecular formula is C12H20N8S. The summed E-state index contributed by atoms with van der Waals surface area (Å²) >= 11 is 1.88. The van der Waals surface area contributed by atoms with Crippen LogP contribution in [0.15, 0.2) is 12.7 Å². The van der Waals surface area contributed by atoms with Crippen LogP contribution < -0.4 is 10.6 Å². The Kier molecular flexibility index (Phi) is 6.20. The van der Waals surface area contributed by atoms with Crippen LogP contribution in [-0.4, -0.2) is 55.3 Å². The van der Waals surface area contributed by atoms with Crippen LogP contribution in [0.2, 0.25) is 0 Å². The highest BCUT2D eigenvalue weighted by Gasteiger charge is 2.07. The number of hydrogen-bond acceptors (Lipinski definition) is 8. The van der Waals surface area contributed by atoms with Gasteiger partial charge in [-0.3, -0.25) is 0 Å². The minimum atomic E-state index is 0.441. The van der Waals surface area contributed by atoms with E-state index in [-0.39, 0.29) is 0 Å². The van der Waals surface area contributed by atoms with Gasteiger partial charge in [0.05, 0.1) is 0 Å². The maximum atomic E-state index is 4.34. The molecule has 0 aliphatic carbocycles. The van der Waals surface area contributed by atoms with Gasteiger partial charge in [0.1, 0.15) is 12.7 Å². The van der Waals surface area contributed by atoms with Crippen molar-refractivity contribution in [1.29, 1.82) is 0 Å². The molecular weight excluding hydrogens is 288 g/mol. The molecule has 0 radical (unpaired) electrons. The quantitative estimate of drug-likeness (QED) is 0.672. The van der Waals surface area contributed by atoms with Gasteiger partial charge in [-0.25, -0.2) is 4.98 Å². The first-order valence-corrected chi connectivity index (χ1v) is 8.24. The smallest absolute Gasteiger partial charge is 0.258 e. The number of nitrogens with zero attached hydrogens (tertiary/aromatic N) is 6. The van der Waals surface area contributed by atoms with E-state index in [1.807, 2.05) is 11.8 Å². The van der Waals surface area contributed by atoms with Crippen LogP contribution >= 0.6 is 11.8 Å². The zero-order valence-electron chi connectivity index (χ0n) is 12.3. The number of hydrogen-bond donors (Lipinski definition) is 2. The minimum Gasteiger partial charge on any atom is -0.357 e. The van der Waals surface area contributed by atoms with Gasteiger partial charge in [0.25, 0.3) is 5.95 Å².